The van der Waals surface area contributed by atoms with Crippen molar-refractivity contribution in [3.8, 4) is 10.6 Å². The first-order valence-electron chi connectivity index (χ1n) is 8.71. The predicted octanol–water partition coefficient (Wildman–Crippen LogP) is 4.68. The van der Waals surface area contributed by atoms with Crippen LogP contribution in [0.1, 0.15) is 11.3 Å². The van der Waals surface area contributed by atoms with Gasteiger partial charge in [-0.1, -0.05) is 40.6 Å². The van der Waals surface area contributed by atoms with Gasteiger partial charge in [-0.3, -0.25) is 5.10 Å². The molecule has 4 rings (SSSR count). The molecule has 0 bridgehead atoms. The van der Waals surface area contributed by atoms with Crippen LogP contribution in [0.3, 0.4) is 0 Å². The molecule has 0 radical (unpaired) electrons. The van der Waals surface area contributed by atoms with E-state index in [1.54, 1.807) is 6.07 Å². The highest BCUT2D eigenvalue weighted by Crippen LogP contribution is 2.29. The van der Waals surface area contributed by atoms with E-state index in [4.69, 9.17) is 28.9 Å². The van der Waals surface area contributed by atoms with Crippen LogP contribution in [0.2, 0.25) is 10.0 Å². The van der Waals surface area contributed by atoms with Crippen LogP contribution in [0, 0.1) is 6.92 Å². The summed E-state index contributed by atoms with van der Waals surface area (Å²) in [7, 11) is 0. The summed E-state index contributed by atoms with van der Waals surface area (Å²) in [6.45, 7) is 2.56. The summed E-state index contributed by atoms with van der Waals surface area (Å²) in [6.07, 6.45) is 0.644. The van der Waals surface area contributed by atoms with Crippen molar-refractivity contribution in [2.75, 3.05) is 11.9 Å². The quantitative estimate of drug-likeness (QED) is 0.411. The number of aromatic amines is 1. The number of nitrogens with one attached hydrogen (secondary N) is 2. The molecule has 0 amide bonds. The second-order valence-electron chi connectivity index (χ2n) is 6.57. The number of hydrogen-bond acceptors (Lipinski definition) is 6. The normalized spacial score (nSPS) is 12.4. The number of H-pyrrole nitrogens is 1. The van der Waals surface area contributed by atoms with Crippen LogP contribution >= 0.6 is 34.5 Å². The lowest BCUT2D eigenvalue weighted by molar-refractivity contribution is 0.698. The lowest BCUT2D eigenvalue weighted by atomic mass is 10.1. The Labute approximate surface area is 176 Å². The average Bonchev–Trinajstić information content (AvgIpc) is 3.29. The molecule has 28 heavy (non-hydrogen) atoms. The van der Waals surface area contributed by atoms with Crippen molar-refractivity contribution >= 4 is 50.6 Å². The molecule has 9 heteroatoms. The van der Waals surface area contributed by atoms with E-state index in [0.29, 0.717) is 23.0 Å². The van der Waals surface area contributed by atoms with Gasteiger partial charge in [0.2, 0.25) is 5.13 Å². The van der Waals surface area contributed by atoms with Gasteiger partial charge in [-0.05, 0) is 49.2 Å². The number of hydrogen-bond donors (Lipinski definition) is 3. The van der Waals surface area contributed by atoms with E-state index in [2.05, 4.69) is 31.8 Å². The first kappa shape index (κ1) is 19.1. The van der Waals surface area contributed by atoms with Crippen LogP contribution in [0.15, 0.2) is 36.4 Å². The van der Waals surface area contributed by atoms with Crippen LogP contribution < -0.4 is 11.1 Å². The molecule has 4 N–H and O–H groups in total. The van der Waals surface area contributed by atoms with E-state index < -0.39 is 0 Å². The fourth-order valence-corrected chi connectivity index (χ4v) is 4.18. The van der Waals surface area contributed by atoms with Crippen molar-refractivity contribution < 1.29 is 0 Å². The maximum atomic E-state index is 6.24. The highest BCUT2D eigenvalue weighted by molar-refractivity contribution is 7.18. The summed E-state index contributed by atoms with van der Waals surface area (Å²) in [5.74, 6) is 0. The summed E-state index contributed by atoms with van der Waals surface area (Å²) in [5, 5.41) is 22.9. The summed E-state index contributed by atoms with van der Waals surface area (Å²) in [6, 6.07) is 11.4. The minimum atomic E-state index is -0.115. The number of aryl methyl sites for hydroxylation is 1. The van der Waals surface area contributed by atoms with Crippen molar-refractivity contribution in [2.45, 2.75) is 19.4 Å². The molecule has 0 aliphatic carbocycles. The smallest absolute Gasteiger partial charge is 0.206 e. The number of aromatic nitrogens is 4. The van der Waals surface area contributed by atoms with Gasteiger partial charge in [0.15, 0.2) is 0 Å². The molecule has 0 saturated heterocycles. The number of nitrogens with two attached hydrogens (primary N) is 1. The maximum Gasteiger partial charge on any atom is 0.206 e. The zero-order valence-electron chi connectivity index (χ0n) is 15.0. The van der Waals surface area contributed by atoms with Gasteiger partial charge in [-0.2, -0.15) is 5.10 Å². The first-order valence-corrected chi connectivity index (χ1v) is 10.3. The summed E-state index contributed by atoms with van der Waals surface area (Å²) < 4.78 is 0. The second-order valence-corrected chi connectivity index (χ2v) is 8.39. The molecule has 2 aromatic carbocycles. The standard InChI is InChI=1S/C19H18Cl2N6S/c1-10-15-7-12(3-5-17(15)25-24-10)18-26-27-19(28-18)23-9-14(22)6-11-2-4-13(20)8-16(11)21/h2-5,7-8,14H,6,9,22H2,1H3,(H,23,27)(H,24,25)/t14-/m1/s1. The SMILES string of the molecule is Cc1[nH]nc2ccc(-c3nnc(NC[C@H](N)Cc4ccc(Cl)cc4Cl)s3)cc12. The largest absolute Gasteiger partial charge is 0.359 e. The molecular weight excluding hydrogens is 415 g/mol. The van der Waals surface area contributed by atoms with Crippen LogP contribution in [0.25, 0.3) is 21.5 Å². The minimum Gasteiger partial charge on any atom is -0.359 e. The monoisotopic (exact) mass is 432 g/mol. The fraction of sp³-hybridized carbons (Fsp3) is 0.211. The molecule has 144 valence electrons. The predicted molar refractivity (Wildman–Crippen MR) is 116 cm³/mol. The summed E-state index contributed by atoms with van der Waals surface area (Å²) in [4.78, 5) is 0. The van der Waals surface area contributed by atoms with E-state index in [1.807, 2.05) is 31.2 Å². The van der Waals surface area contributed by atoms with E-state index in [9.17, 15) is 0 Å². The van der Waals surface area contributed by atoms with Crippen LogP contribution in [-0.4, -0.2) is 33.0 Å². The Morgan fingerprint density at radius 3 is 2.86 bits per heavy atom. The molecule has 6 nitrogen and oxygen atoms in total. The molecule has 2 heterocycles. The molecule has 0 spiro atoms. The van der Waals surface area contributed by atoms with Gasteiger partial charge in [0, 0.05) is 39.3 Å². The highest BCUT2D eigenvalue weighted by Gasteiger charge is 2.12. The number of benzene rings is 2. The molecule has 0 unspecified atom stereocenters. The minimum absolute atomic E-state index is 0.115. The number of halogens is 2. The number of rotatable bonds is 6. The third kappa shape index (κ3) is 4.12. The van der Waals surface area contributed by atoms with Crippen molar-refractivity contribution in [1.29, 1.82) is 0 Å². The summed E-state index contributed by atoms with van der Waals surface area (Å²) >= 11 is 13.6. The number of nitrogens with zero attached hydrogens (tertiary/aromatic N) is 3. The third-order valence-electron chi connectivity index (χ3n) is 4.43. The Morgan fingerprint density at radius 2 is 2.04 bits per heavy atom. The van der Waals surface area contributed by atoms with Crippen molar-refractivity contribution in [3.05, 3.63) is 57.7 Å². The number of fused-ring (bicyclic) bond motifs is 1. The Bertz CT molecular complexity index is 1120. The van der Waals surface area contributed by atoms with Gasteiger partial charge in [-0.25, -0.2) is 0 Å². The topological polar surface area (TPSA) is 92.5 Å². The van der Waals surface area contributed by atoms with Gasteiger partial charge in [0.05, 0.1) is 5.52 Å². The second kappa shape index (κ2) is 8.05. The van der Waals surface area contributed by atoms with Crippen molar-refractivity contribution in [1.82, 2.24) is 20.4 Å². The van der Waals surface area contributed by atoms with Crippen molar-refractivity contribution in [3.63, 3.8) is 0 Å². The third-order valence-corrected chi connectivity index (χ3v) is 5.95. The molecule has 0 aliphatic heterocycles. The lowest BCUT2D eigenvalue weighted by Crippen LogP contribution is -2.31. The highest BCUT2D eigenvalue weighted by atomic mass is 35.5. The number of anilines is 1. The zero-order chi connectivity index (χ0) is 19.7. The molecule has 0 saturated carbocycles. The Balaban J connectivity index is 1.40. The van der Waals surface area contributed by atoms with Gasteiger partial charge in [0.25, 0.3) is 0 Å². The average molecular weight is 433 g/mol. The van der Waals surface area contributed by atoms with Crippen LogP contribution in [0.4, 0.5) is 5.13 Å². The molecule has 0 aliphatic rings. The van der Waals surface area contributed by atoms with Crippen LogP contribution in [-0.2, 0) is 6.42 Å². The van der Waals surface area contributed by atoms with Gasteiger partial charge < -0.3 is 11.1 Å². The van der Waals surface area contributed by atoms with Crippen LogP contribution in [0.5, 0.6) is 0 Å². The Kier molecular flexibility index (Phi) is 5.50. The fourth-order valence-electron chi connectivity index (χ4n) is 2.94. The Hall–Kier alpha value is -2.19. The maximum absolute atomic E-state index is 6.24. The molecular formula is C19H18Cl2N6S. The van der Waals surface area contributed by atoms with Gasteiger partial charge in [-0.15, -0.1) is 10.2 Å². The van der Waals surface area contributed by atoms with Gasteiger partial charge >= 0.3 is 0 Å². The molecule has 0 fully saturated rings. The van der Waals surface area contributed by atoms with Gasteiger partial charge in [0.1, 0.15) is 5.01 Å². The first-order chi connectivity index (χ1) is 13.5. The molecule has 1 atom stereocenters. The summed E-state index contributed by atoms with van der Waals surface area (Å²) in [5.41, 5.74) is 10.2. The van der Waals surface area contributed by atoms with E-state index in [-0.39, 0.29) is 6.04 Å². The van der Waals surface area contributed by atoms with E-state index >= 15 is 0 Å². The lowest BCUT2D eigenvalue weighted by Gasteiger charge is -2.13. The molecule has 4 aromatic rings. The van der Waals surface area contributed by atoms with E-state index in [1.165, 1.54) is 11.3 Å². The zero-order valence-corrected chi connectivity index (χ0v) is 17.4. The molecule has 2 aromatic heterocycles. The Morgan fingerprint density at radius 1 is 1.18 bits per heavy atom. The van der Waals surface area contributed by atoms with Crippen molar-refractivity contribution in [2.24, 2.45) is 5.73 Å². The van der Waals surface area contributed by atoms with E-state index in [0.717, 1.165) is 37.9 Å².